The van der Waals surface area contributed by atoms with Crippen LogP contribution < -0.4 is 4.90 Å². The van der Waals surface area contributed by atoms with Gasteiger partial charge in [0, 0.05) is 16.7 Å². The van der Waals surface area contributed by atoms with Crippen molar-refractivity contribution in [3.63, 3.8) is 0 Å². The quantitative estimate of drug-likeness (QED) is 0.825. The third-order valence-corrected chi connectivity index (χ3v) is 3.51. The Kier molecular flexibility index (Phi) is 4.18. The number of halogens is 2. The first-order chi connectivity index (χ1) is 9.17. The maximum atomic E-state index is 13.0. The number of nitrogens with zero attached hydrogens (tertiary/aromatic N) is 2. The predicted octanol–water partition coefficient (Wildman–Crippen LogP) is 4.62. The fourth-order valence-electron chi connectivity index (χ4n) is 1.96. The second-order valence-electron chi connectivity index (χ2n) is 3.97. The lowest BCUT2D eigenvalue weighted by Crippen LogP contribution is -2.17. The molecule has 0 aliphatic rings. The van der Waals surface area contributed by atoms with Crippen LogP contribution in [-0.4, -0.2) is 6.54 Å². The van der Waals surface area contributed by atoms with Gasteiger partial charge in [0.25, 0.3) is 0 Å². The monoisotopic (exact) mass is 318 g/mol. The highest BCUT2D eigenvalue weighted by atomic mass is 79.9. The molecule has 2 aromatic carbocycles. The Morgan fingerprint density at radius 2 is 1.89 bits per heavy atom. The van der Waals surface area contributed by atoms with Crippen molar-refractivity contribution in [3.8, 4) is 6.07 Å². The normalized spacial score (nSPS) is 10.0. The lowest BCUT2D eigenvalue weighted by molar-refractivity contribution is 0.628. The van der Waals surface area contributed by atoms with Gasteiger partial charge in [-0.15, -0.1) is 0 Å². The van der Waals surface area contributed by atoms with Crippen molar-refractivity contribution in [2.45, 2.75) is 6.92 Å². The highest BCUT2D eigenvalue weighted by molar-refractivity contribution is 9.10. The summed E-state index contributed by atoms with van der Waals surface area (Å²) in [6.45, 7) is 2.68. The second kappa shape index (κ2) is 5.85. The first-order valence-electron chi connectivity index (χ1n) is 5.89. The van der Waals surface area contributed by atoms with Crippen LogP contribution in [0.4, 0.5) is 15.8 Å². The molecule has 19 heavy (non-hydrogen) atoms. The summed E-state index contributed by atoms with van der Waals surface area (Å²) in [5, 5.41) is 9.27. The average molecular weight is 319 g/mol. The standard InChI is InChI=1S/C15H12BrFN2/c1-2-19(12-8-6-11(17)7-9-12)15-5-3-4-14(16)13(15)10-18/h3-9H,2H2,1H3. The minimum Gasteiger partial charge on any atom is -0.341 e. The van der Waals surface area contributed by atoms with Crippen molar-refractivity contribution in [1.82, 2.24) is 0 Å². The zero-order valence-corrected chi connectivity index (χ0v) is 12.0. The van der Waals surface area contributed by atoms with Gasteiger partial charge in [-0.3, -0.25) is 0 Å². The van der Waals surface area contributed by atoms with Crippen LogP contribution >= 0.6 is 15.9 Å². The largest absolute Gasteiger partial charge is 0.341 e. The summed E-state index contributed by atoms with van der Waals surface area (Å²) in [5.41, 5.74) is 2.25. The molecule has 0 aliphatic carbocycles. The van der Waals surface area contributed by atoms with E-state index in [9.17, 15) is 9.65 Å². The lowest BCUT2D eigenvalue weighted by Gasteiger charge is -2.24. The van der Waals surface area contributed by atoms with Crippen LogP contribution in [0.1, 0.15) is 12.5 Å². The molecule has 0 aliphatic heterocycles. The van der Waals surface area contributed by atoms with Crippen molar-refractivity contribution in [2.24, 2.45) is 0 Å². The first kappa shape index (κ1) is 13.6. The van der Waals surface area contributed by atoms with Gasteiger partial charge in [0.15, 0.2) is 0 Å². The number of anilines is 2. The van der Waals surface area contributed by atoms with Gasteiger partial charge in [0.1, 0.15) is 11.9 Å². The van der Waals surface area contributed by atoms with Gasteiger partial charge < -0.3 is 4.90 Å². The molecule has 0 aromatic heterocycles. The molecular weight excluding hydrogens is 307 g/mol. The van der Waals surface area contributed by atoms with Crippen LogP contribution in [0.2, 0.25) is 0 Å². The molecule has 0 amide bonds. The lowest BCUT2D eigenvalue weighted by atomic mass is 10.1. The van der Waals surface area contributed by atoms with Crippen molar-refractivity contribution < 1.29 is 4.39 Å². The molecule has 2 rings (SSSR count). The molecule has 2 nitrogen and oxygen atoms in total. The minimum atomic E-state index is -0.269. The molecule has 0 saturated heterocycles. The maximum Gasteiger partial charge on any atom is 0.123 e. The predicted molar refractivity (Wildman–Crippen MR) is 77.9 cm³/mol. The molecule has 0 atom stereocenters. The van der Waals surface area contributed by atoms with Crippen molar-refractivity contribution in [2.75, 3.05) is 11.4 Å². The van der Waals surface area contributed by atoms with Gasteiger partial charge in [-0.1, -0.05) is 6.07 Å². The molecule has 0 heterocycles. The van der Waals surface area contributed by atoms with E-state index < -0.39 is 0 Å². The molecule has 0 fully saturated rings. The number of hydrogen-bond acceptors (Lipinski definition) is 2. The molecule has 0 saturated carbocycles. The van der Waals surface area contributed by atoms with Crippen LogP contribution in [0.3, 0.4) is 0 Å². The van der Waals surface area contributed by atoms with Crippen LogP contribution in [0.15, 0.2) is 46.9 Å². The Labute approximate surface area is 120 Å². The third kappa shape index (κ3) is 2.77. The zero-order chi connectivity index (χ0) is 13.8. The Morgan fingerprint density at radius 1 is 1.21 bits per heavy atom. The van der Waals surface area contributed by atoms with E-state index in [0.717, 1.165) is 15.8 Å². The van der Waals surface area contributed by atoms with E-state index in [1.165, 1.54) is 12.1 Å². The van der Waals surface area contributed by atoms with Crippen LogP contribution in [0.25, 0.3) is 0 Å². The molecule has 0 spiro atoms. The third-order valence-electron chi connectivity index (χ3n) is 2.85. The Bertz CT molecular complexity index is 617. The van der Waals surface area contributed by atoms with Crippen molar-refractivity contribution in [1.29, 1.82) is 5.26 Å². The summed E-state index contributed by atoms with van der Waals surface area (Å²) < 4.78 is 13.7. The van der Waals surface area contributed by atoms with E-state index >= 15 is 0 Å². The summed E-state index contributed by atoms with van der Waals surface area (Å²) in [4.78, 5) is 1.97. The highest BCUT2D eigenvalue weighted by Gasteiger charge is 2.13. The SMILES string of the molecule is CCN(c1ccc(F)cc1)c1cccc(Br)c1C#N. The van der Waals surface area contributed by atoms with Gasteiger partial charge in [0.2, 0.25) is 0 Å². The second-order valence-corrected chi connectivity index (χ2v) is 4.82. The van der Waals surface area contributed by atoms with Crippen molar-refractivity contribution >= 4 is 27.3 Å². The average Bonchev–Trinajstić information content (AvgIpc) is 2.42. The van der Waals surface area contributed by atoms with E-state index in [1.54, 1.807) is 12.1 Å². The van der Waals surface area contributed by atoms with E-state index in [-0.39, 0.29) is 5.82 Å². The van der Waals surface area contributed by atoms with Gasteiger partial charge in [-0.25, -0.2) is 4.39 Å². The van der Waals surface area contributed by atoms with E-state index in [4.69, 9.17) is 0 Å². The molecular formula is C15H12BrFN2. The summed E-state index contributed by atoms with van der Waals surface area (Å²) in [7, 11) is 0. The summed E-state index contributed by atoms with van der Waals surface area (Å²) in [5.74, 6) is -0.269. The molecule has 4 heteroatoms. The maximum absolute atomic E-state index is 13.0. The van der Waals surface area contributed by atoms with E-state index in [0.29, 0.717) is 12.1 Å². The van der Waals surface area contributed by atoms with Crippen LogP contribution in [0, 0.1) is 17.1 Å². The van der Waals surface area contributed by atoms with Crippen LogP contribution in [-0.2, 0) is 0 Å². The summed E-state index contributed by atoms with van der Waals surface area (Å²) in [6.07, 6.45) is 0. The highest BCUT2D eigenvalue weighted by Crippen LogP contribution is 2.32. The Hall–Kier alpha value is -1.86. The van der Waals surface area contributed by atoms with Gasteiger partial charge in [0.05, 0.1) is 11.3 Å². The van der Waals surface area contributed by atoms with Gasteiger partial charge in [-0.05, 0) is 59.3 Å². The number of nitriles is 1. The Morgan fingerprint density at radius 3 is 2.47 bits per heavy atom. The Balaban J connectivity index is 2.52. The number of benzene rings is 2. The van der Waals surface area contributed by atoms with Crippen molar-refractivity contribution in [3.05, 3.63) is 58.3 Å². The van der Waals surface area contributed by atoms with E-state index in [1.807, 2.05) is 30.0 Å². The number of hydrogen-bond donors (Lipinski definition) is 0. The summed E-state index contributed by atoms with van der Waals surface area (Å²) in [6, 6.07) is 14.1. The topological polar surface area (TPSA) is 27.0 Å². The minimum absolute atomic E-state index is 0.269. The molecule has 2 aromatic rings. The molecule has 0 bridgehead atoms. The summed E-state index contributed by atoms with van der Waals surface area (Å²) >= 11 is 3.38. The fourth-order valence-corrected chi connectivity index (χ4v) is 2.41. The smallest absolute Gasteiger partial charge is 0.123 e. The molecule has 0 radical (unpaired) electrons. The molecule has 96 valence electrons. The molecule has 0 unspecified atom stereocenters. The fraction of sp³-hybridized carbons (Fsp3) is 0.133. The van der Waals surface area contributed by atoms with E-state index in [2.05, 4.69) is 22.0 Å². The number of rotatable bonds is 3. The molecule has 0 N–H and O–H groups in total. The van der Waals surface area contributed by atoms with Gasteiger partial charge >= 0.3 is 0 Å². The van der Waals surface area contributed by atoms with Gasteiger partial charge in [-0.2, -0.15) is 5.26 Å². The zero-order valence-electron chi connectivity index (χ0n) is 10.4. The van der Waals surface area contributed by atoms with Crippen LogP contribution in [0.5, 0.6) is 0 Å². The first-order valence-corrected chi connectivity index (χ1v) is 6.68.